The third kappa shape index (κ3) is 3.32. The Morgan fingerprint density at radius 3 is 1.60 bits per heavy atom. The maximum atomic E-state index is 14.8. The quantitative estimate of drug-likeness (QED) is 0.282. The highest BCUT2D eigenvalue weighted by Crippen LogP contribution is 2.57. The Morgan fingerprint density at radius 2 is 0.978 bits per heavy atom. The standard InChI is InChI=1S/C38H34N4O3/c1-39-18-41(3)35-21-11-6-5-10-20(21)28(22-12-7-15-25(39)29(22)35)33-37(44)34(38(33)45)32-23-13-8-16-26-30(23)36(42(4)19-40(26)2)24-14-9-17-27(43)31(24)32/h5-17,33-34,37-38,43H,18-19H2,1-4H3/q-2. The first kappa shape index (κ1) is 26.7. The molecule has 0 bridgehead atoms. The molecule has 2 unspecified atom stereocenters. The van der Waals surface area contributed by atoms with E-state index in [9.17, 15) is 15.3 Å². The number of phenolic OH excluding ortho intramolecular Hbond substituents is 1. The summed E-state index contributed by atoms with van der Waals surface area (Å²) >= 11 is 0. The number of aromatic hydroxyl groups is 1. The molecule has 0 radical (unpaired) electrons. The smallest absolute Gasteiger partial charge is 0.123 e. The molecule has 0 amide bonds. The number of benzene rings is 6. The summed E-state index contributed by atoms with van der Waals surface area (Å²) in [5, 5.41) is 48.5. The van der Waals surface area contributed by atoms with E-state index < -0.39 is 24.0 Å². The summed E-state index contributed by atoms with van der Waals surface area (Å²) < 4.78 is 0. The Labute approximate surface area is 261 Å². The lowest BCUT2D eigenvalue weighted by atomic mass is 9.60. The van der Waals surface area contributed by atoms with Crippen LogP contribution in [0.2, 0.25) is 0 Å². The molecule has 0 aromatic heterocycles. The van der Waals surface area contributed by atoms with Crippen molar-refractivity contribution in [1.82, 2.24) is 0 Å². The second kappa shape index (κ2) is 9.16. The van der Waals surface area contributed by atoms with Gasteiger partial charge in [0.25, 0.3) is 0 Å². The summed E-state index contributed by atoms with van der Waals surface area (Å²) in [5.41, 5.74) is 5.90. The van der Waals surface area contributed by atoms with Gasteiger partial charge in [-0.25, -0.2) is 0 Å². The van der Waals surface area contributed by atoms with E-state index in [0.29, 0.717) is 17.6 Å². The van der Waals surface area contributed by atoms with Crippen molar-refractivity contribution in [3.63, 3.8) is 0 Å². The molecule has 1 aliphatic carbocycles. The van der Waals surface area contributed by atoms with Gasteiger partial charge < -0.3 is 34.9 Å². The minimum Gasteiger partial charge on any atom is -0.851 e. The molecule has 7 heteroatoms. The predicted octanol–water partition coefficient (Wildman–Crippen LogP) is 5.03. The molecule has 1 saturated carbocycles. The Bertz CT molecular complexity index is 2220. The van der Waals surface area contributed by atoms with Crippen LogP contribution in [-0.4, -0.2) is 58.8 Å². The highest BCUT2D eigenvalue weighted by molar-refractivity contribution is 6.21. The molecule has 45 heavy (non-hydrogen) atoms. The van der Waals surface area contributed by atoms with E-state index in [-0.39, 0.29) is 5.75 Å². The van der Waals surface area contributed by atoms with Gasteiger partial charge in [-0.05, 0) is 57.3 Å². The van der Waals surface area contributed by atoms with Crippen molar-refractivity contribution in [3.05, 3.63) is 90.0 Å². The van der Waals surface area contributed by atoms with Gasteiger partial charge in [-0.1, -0.05) is 60.7 Å². The Kier molecular flexibility index (Phi) is 5.43. The third-order valence-electron chi connectivity index (χ3n) is 10.7. The van der Waals surface area contributed by atoms with E-state index in [2.05, 4.69) is 71.1 Å². The van der Waals surface area contributed by atoms with Gasteiger partial charge in [0, 0.05) is 66.5 Å². The van der Waals surface area contributed by atoms with E-state index >= 15 is 0 Å². The highest BCUT2D eigenvalue weighted by Gasteiger charge is 2.43. The normalized spacial score (nSPS) is 22.6. The lowest BCUT2D eigenvalue weighted by Gasteiger charge is -2.62. The van der Waals surface area contributed by atoms with Crippen molar-refractivity contribution < 1.29 is 15.3 Å². The van der Waals surface area contributed by atoms with Gasteiger partial charge in [0.15, 0.2) is 0 Å². The summed E-state index contributed by atoms with van der Waals surface area (Å²) in [6.45, 7) is 1.44. The second-order valence-corrected chi connectivity index (χ2v) is 13.2. The monoisotopic (exact) mass is 594 g/mol. The number of fused-ring (bicyclic) bond motifs is 4. The van der Waals surface area contributed by atoms with Crippen LogP contribution in [0.15, 0.2) is 78.9 Å². The molecule has 6 aromatic rings. The zero-order chi connectivity index (χ0) is 30.9. The van der Waals surface area contributed by atoms with Crippen LogP contribution in [0, 0.1) is 0 Å². The van der Waals surface area contributed by atoms with Crippen LogP contribution in [-0.2, 0) is 0 Å². The molecule has 6 aromatic carbocycles. The van der Waals surface area contributed by atoms with Crippen molar-refractivity contribution in [2.24, 2.45) is 0 Å². The maximum absolute atomic E-state index is 14.8. The zero-order valence-corrected chi connectivity index (χ0v) is 25.8. The molecule has 2 heterocycles. The molecule has 0 saturated heterocycles. The fourth-order valence-electron chi connectivity index (χ4n) is 8.92. The van der Waals surface area contributed by atoms with E-state index in [0.717, 1.165) is 72.7 Å². The molecule has 2 aliphatic heterocycles. The van der Waals surface area contributed by atoms with Crippen LogP contribution < -0.4 is 29.8 Å². The molecular formula is C38H34N4O3-2. The average Bonchev–Trinajstić information content (AvgIpc) is 3.03. The minimum absolute atomic E-state index is 0.111. The molecule has 0 spiro atoms. The summed E-state index contributed by atoms with van der Waals surface area (Å²) in [4.78, 5) is 8.85. The van der Waals surface area contributed by atoms with E-state index in [4.69, 9.17) is 0 Å². The van der Waals surface area contributed by atoms with E-state index in [1.807, 2.05) is 49.5 Å². The van der Waals surface area contributed by atoms with Gasteiger partial charge in [0.1, 0.15) is 5.75 Å². The number of rotatable bonds is 2. The average molecular weight is 595 g/mol. The fourth-order valence-corrected chi connectivity index (χ4v) is 8.92. The summed E-state index contributed by atoms with van der Waals surface area (Å²) in [7, 11) is 8.29. The highest BCUT2D eigenvalue weighted by atomic mass is 16.3. The van der Waals surface area contributed by atoms with Crippen LogP contribution in [0.4, 0.5) is 22.7 Å². The Balaban J connectivity index is 1.31. The number of hydrogen-bond donors (Lipinski definition) is 1. The van der Waals surface area contributed by atoms with Gasteiger partial charge >= 0.3 is 0 Å². The van der Waals surface area contributed by atoms with Gasteiger partial charge in [-0.15, -0.1) is 12.2 Å². The zero-order valence-electron chi connectivity index (χ0n) is 25.8. The molecule has 2 atom stereocenters. The maximum Gasteiger partial charge on any atom is 0.123 e. The Hall–Kier alpha value is -4.72. The van der Waals surface area contributed by atoms with E-state index in [1.165, 1.54) is 0 Å². The molecule has 226 valence electrons. The topological polar surface area (TPSA) is 79.3 Å². The van der Waals surface area contributed by atoms with Gasteiger partial charge in [-0.2, -0.15) is 0 Å². The van der Waals surface area contributed by atoms with Crippen molar-refractivity contribution in [1.29, 1.82) is 0 Å². The van der Waals surface area contributed by atoms with Crippen LogP contribution >= 0.6 is 0 Å². The number of phenols is 1. The lowest BCUT2D eigenvalue weighted by molar-refractivity contribution is -0.535. The van der Waals surface area contributed by atoms with Crippen LogP contribution in [0.3, 0.4) is 0 Å². The summed E-state index contributed by atoms with van der Waals surface area (Å²) in [6, 6.07) is 26.1. The summed E-state index contributed by atoms with van der Waals surface area (Å²) in [5.74, 6) is -1.42. The molecule has 7 nitrogen and oxygen atoms in total. The molecule has 1 fully saturated rings. The molecule has 9 rings (SSSR count). The van der Waals surface area contributed by atoms with Crippen molar-refractivity contribution >= 4 is 65.8 Å². The summed E-state index contributed by atoms with van der Waals surface area (Å²) in [6.07, 6.45) is -2.35. The molecule has 3 aliphatic rings. The largest absolute Gasteiger partial charge is 0.851 e. The third-order valence-corrected chi connectivity index (χ3v) is 10.7. The van der Waals surface area contributed by atoms with E-state index in [1.54, 1.807) is 6.07 Å². The number of anilines is 4. The van der Waals surface area contributed by atoms with Crippen LogP contribution in [0.5, 0.6) is 5.75 Å². The molecule has 1 N–H and O–H groups in total. The first-order valence-electron chi connectivity index (χ1n) is 15.6. The number of hydrogen-bond acceptors (Lipinski definition) is 7. The second-order valence-electron chi connectivity index (χ2n) is 13.2. The fraction of sp³-hybridized carbons (Fsp3) is 0.263. The minimum atomic E-state index is -1.18. The predicted molar refractivity (Wildman–Crippen MR) is 181 cm³/mol. The van der Waals surface area contributed by atoms with Gasteiger partial charge in [-0.3, -0.25) is 0 Å². The van der Waals surface area contributed by atoms with Crippen molar-refractivity contribution in [2.45, 2.75) is 24.0 Å². The first-order chi connectivity index (χ1) is 21.8. The lowest BCUT2D eigenvalue weighted by Crippen LogP contribution is -2.63. The van der Waals surface area contributed by atoms with Crippen molar-refractivity contribution in [2.75, 3.05) is 61.1 Å². The molecular weight excluding hydrogens is 560 g/mol. The number of nitrogens with zero attached hydrogens (tertiary/aromatic N) is 4. The van der Waals surface area contributed by atoms with Crippen LogP contribution in [0.25, 0.3) is 43.1 Å². The van der Waals surface area contributed by atoms with Gasteiger partial charge in [0.05, 0.1) is 24.7 Å². The van der Waals surface area contributed by atoms with Crippen molar-refractivity contribution in [3.8, 4) is 5.75 Å². The Morgan fingerprint density at radius 1 is 0.511 bits per heavy atom. The SMILES string of the molecule is CN1CN(C)c2c3ccccc3c(C3C([O-])C(c4c5cccc6c5c(c5cccc(O)c45)N(C)CN6C)C3[O-])c3cccc1c23. The van der Waals surface area contributed by atoms with Gasteiger partial charge in [0.2, 0.25) is 0 Å². The first-order valence-corrected chi connectivity index (χ1v) is 15.6. The van der Waals surface area contributed by atoms with Crippen LogP contribution in [0.1, 0.15) is 23.0 Å².